The fourth-order valence-electron chi connectivity index (χ4n) is 0.969. The summed E-state index contributed by atoms with van der Waals surface area (Å²) in [5, 5.41) is 3.44. The molecule has 0 saturated carbocycles. The van der Waals surface area contributed by atoms with Gasteiger partial charge in [0.2, 0.25) is 0 Å². The van der Waals surface area contributed by atoms with Gasteiger partial charge in [0.25, 0.3) is 0 Å². The maximum Gasteiger partial charge on any atom is 0.0121 e. The van der Waals surface area contributed by atoms with Crippen molar-refractivity contribution in [3.8, 4) is 0 Å². The van der Waals surface area contributed by atoms with Crippen LogP contribution in [0.25, 0.3) is 0 Å². The number of hydrogen-bond donors (Lipinski definition) is 1. The van der Waals surface area contributed by atoms with Gasteiger partial charge in [-0.25, -0.2) is 0 Å². The molecule has 0 unspecified atom stereocenters. The second kappa shape index (κ2) is 9.21. The van der Waals surface area contributed by atoms with Crippen LogP contribution in [-0.4, -0.2) is 36.0 Å². The highest BCUT2D eigenvalue weighted by molar-refractivity contribution is 14.1. The molecule has 68 valence electrons. The fourth-order valence-corrected chi connectivity index (χ4v) is 2.90. The summed E-state index contributed by atoms with van der Waals surface area (Å²) in [5.74, 6) is 0. The van der Waals surface area contributed by atoms with Crippen molar-refractivity contribution in [3.63, 3.8) is 0 Å². The molecule has 0 aliphatic rings. The van der Waals surface area contributed by atoms with Crippen LogP contribution in [0.5, 0.6) is 0 Å². The summed E-state index contributed by atoms with van der Waals surface area (Å²) in [7, 11) is 0.362. The summed E-state index contributed by atoms with van der Waals surface area (Å²) in [6.07, 6.45) is 4.22. The van der Waals surface area contributed by atoms with Crippen LogP contribution in [0.4, 0.5) is 0 Å². The number of alkyl halides is 1. The first-order valence-electron chi connectivity index (χ1n) is 4.34. The van der Waals surface area contributed by atoms with Crippen LogP contribution in [0.1, 0.15) is 13.8 Å². The fraction of sp³-hybridized carbons (Fsp3) is 1.00. The van der Waals surface area contributed by atoms with Crippen LogP contribution >= 0.6 is 30.5 Å². The molecule has 0 aromatic rings. The Morgan fingerprint density at radius 3 is 2.27 bits per heavy atom. The van der Waals surface area contributed by atoms with Crippen LogP contribution in [0.2, 0.25) is 0 Å². The standard InChI is InChI=1S/C8H19INP/c1-3-11(4-2)8-7-10-6-5-9/h10H,3-8H2,1-2H3. The second-order valence-electron chi connectivity index (χ2n) is 2.47. The molecule has 1 N–H and O–H groups in total. The van der Waals surface area contributed by atoms with E-state index in [0.717, 1.165) is 0 Å². The van der Waals surface area contributed by atoms with Crippen LogP contribution in [-0.2, 0) is 0 Å². The third-order valence-corrected chi connectivity index (χ3v) is 4.95. The second-order valence-corrected chi connectivity index (χ2v) is 6.60. The molecule has 0 spiro atoms. The van der Waals surface area contributed by atoms with E-state index in [2.05, 4.69) is 41.8 Å². The SMILES string of the molecule is CCP(CC)CCNCCI. The normalized spacial score (nSPS) is 10.9. The molecule has 0 radical (unpaired) electrons. The predicted molar refractivity (Wildman–Crippen MR) is 64.6 cm³/mol. The van der Waals surface area contributed by atoms with Gasteiger partial charge in [-0.1, -0.05) is 36.4 Å². The summed E-state index contributed by atoms with van der Waals surface area (Å²) in [6, 6.07) is 0. The van der Waals surface area contributed by atoms with E-state index >= 15 is 0 Å². The molecule has 0 aromatic heterocycles. The Balaban J connectivity index is 3.07. The topological polar surface area (TPSA) is 12.0 Å². The molecular weight excluding hydrogens is 268 g/mol. The molecule has 0 saturated heterocycles. The summed E-state index contributed by atoms with van der Waals surface area (Å²) in [5.41, 5.74) is 0. The molecule has 0 aromatic carbocycles. The molecule has 0 aliphatic carbocycles. The Labute approximate surface area is 85.6 Å². The Bertz CT molecular complexity index is 76.5. The van der Waals surface area contributed by atoms with Crippen molar-refractivity contribution in [1.29, 1.82) is 0 Å². The largest absolute Gasteiger partial charge is 0.316 e. The van der Waals surface area contributed by atoms with Gasteiger partial charge in [0, 0.05) is 11.0 Å². The van der Waals surface area contributed by atoms with Gasteiger partial charge in [0.05, 0.1) is 0 Å². The van der Waals surface area contributed by atoms with Crippen LogP contribution < -0.4 is 5.32 Å². The monoisotopic (exact) mass is 287 g/mol. The Kier molecular flexibility index (Phi) is 10.1. The van der Waals surface area contributed by atoms with E-state index in [1.165, 1.54) is 36.0 Å². The zero-order chi connectivity index (χ0) is 8.53. The molecular formula is C8H19INP. The summed E-state index contributed by atoms with van der Waals surface area (Å²) in [4.78, 5) is 0. The van der Waals surface area contributed by atoms with E-state index in [0.29, 0.717) is 7.92 Å². The van der Waals surface area contributed by atoms with Gasteiger partial charge >= 0.3 is 0 Å². The van der Waals surface area contributed by atoms with Gasteiger partial charge in [-0.3, -0.25) is 0 Å². The van der Waals surface area contributed by atoms with Crippen molar-refractivity contribution in [2.24, 2.45) is 0 Å². The maximum atomic E-state index is 3.44. The van der Waals surface area contributed by atoms with Crippen molar-refractivity contribution in [2.75, 3.05) is 36.0 Å². The summed E-state index contributed by atoms with van der Waals surface area (Å²) < 4.78 is 1.23. The average Bonchev–Trinajstić information content (AvgIpc) is 2.05. The van der Waals surface area contributed by atoms with Crippen molar-refractivity contribution in [3.05, 3.63) is 0 Å². The molecule has 0 aliphatic heterocycles. The minimum absolute atomic E-state index is 0.362. The third kappa shape index (κ3) is 7.48. The molecule has 0 bridgehead atoms. The molecule has 0 heterocycles. The Morgan fingerprint density at radius 1 is 1.18 bits per heavy atom. The first-order valence-corrected chi connectivity index (χ1v) is 7.76. The molecule has 3 heteroatoms. The van der Waals surface area contributed by atoms with Crippen LogP contribution in [0.3, 0.4) is 0 Å². The van der Waals surface area contributed by atoms with Gasteiger partial charge in [-0.15, -0.1) is 7.92 Å². The van der Waals surface area contributed by atoms with Crippen molar-refractivity contribution < 1.29 is 0 Å². The third-order valence-electron chi connectivity index (χ3n) is 1.77. The van der Waals surface area contributed by atoms with E-state index in [9.17, 15) is 0 Å². The quantitative estimate of drug-likeness (QED) is 0.328. The maximum absolute atomic E-state index is 3.44. The molecule has 11 heavy (non-hydrogen) atoms. The zero-order valence-electron chi connectivity index (χ0n) is 7.57. The first kappa shape index (κ1) is 12.1. The van der Waals surface area contributed by atoms with Crippen molar-refractivity contribution >= 4 is 30.5 Å². The van der Waals surface area contributed by atoms with Crippen molar-refractivity contribution in [1.82, 2.24) is 5.32 Å². The van der Waals surface area contributed by atoms with Gasteiger partial charge < -0.3 is 5.32 Å². The predicted octanol–water partition coefficient (Wildman–Crippen LogP) is 2.53. The van der Waals surface area contributed by atoms with E-state index in [-0.39, 0.29) is 0 Å². The summed E-state index contributed by atoms with van der Waals surface area (Å²) >= 11 is 2.41. The number of halogens is 1. The van der Waals surface area contributed by atoms with Gasteiger partial charge in [-0.05, 0) is 25.0 Å². The Morgan fingerprint density at radius 2 is 1.82 bits per heavy atom. The molecule has 1 nitrogen and oxygen atoms in total. The summed E-state index contributed by atoms with van der Waals surface area (Å²) in [6.45, 7) is 7.04. The molecule has 0 amide bonds. The van der Waals surface area contributed by atoms with Gasteiger partial charge in [0.15, 0.2) is 0 Å². The highest BCUT2D eigenvalue weighted by atomic mass is 127. The number of nitrogens with one attached hydrogen (secondary N) is 1. The van der Waals surface area contributed by atoms with Gasteiger partial charge in [0.1, 0.15) is 0 Å². The van der Waals surface area contributed by atoms with Crippen molar-refractivity contribution in [2.45, 2.75) is 13.8 Å². The van der Waals surface area contributed by atoms with E-state index in [1.807, 2.05) is 0 Å². The zero-order valence-corrected chi connectivity index (χ0v) is 10.6. The van der Waals surface area contributed by atoms with E-state index in [4.69, 9.17) is 0 Å². The van der Waals surface area contributed by atoms with Crippen LogP contribution in [0, 0.1) is 0 Å². The minimum Gasteiger partial charge on any atom is -0.316 e. The molecule has 0 rings (SSSR count). The highest BCUT2D eigenvalue weighted by Gasteiger charge is 1.99. The molecule has 0 atom stereocenters. The van der Waals surface area contributed by atoms with Crippen LogP contribution in [0.15, 0.2) is 0 Å². The molecule has 0 fully saturated rings. The van der Waals surface area contributed by atoms with E-state index in [1.54, 1.807) is 0 Å². The average molecular weight is 287 g/mol. The first-order chi connectivity index (χ1) is 5.35. The number of rotatable bonds is 7. The Hall–Kier alpha value is 1.12. The lowest BCUT2D eigenvalue weighted by atomic mass is 10.7. The number of hydrogen-bond acceptors (Lipinski definition) is 1. The van der Waals surface area contributed by atoms with Gasteiger partial charge in [-0.2, -0.15) is 0 Å². The lowest BCUT2D eigenvalue weighted by molar-refractivity contribution is 0.776. The highest BCUT2D eigenvalue weighted by Crippen LogP contribution is 2.32. The smallest absolute Gasteiger partial charge is 0.0121 e. The lowest BCUT2D eigenvalue weighted by Crippen LogP contribution is -2.20. The lowest BCUT2D eigenvalue weighted by Gasteiger charge is -2.12. The minimum atomic E-state index is 0.362. The van der Waals surface area contributed by atoms with E-state index < -0.39 is 0 Å².